The number of hydrazine groups is 1. The molecule has 0 unspecified atom stereocenters. The van der Waals surface area contributed by atoms with Crippen LogP contribution in [0, 0.1) is 0 Å². The van der Waals surface area contributed by atoms with Crippen molar-refractivity contribution < 1.29 is 8.42 Å². The topological polar surface area (TPSA) is 124 Å². The number of aromatic nitrogens is 2. The van der Waals surface area contributed by atoms with Gasteiger partial charge in [-0.1, -0.05) is 6.07 Å². The molecule has 30 heavy (non-hydrogen) atoms. The van der Waals surface area contributed by atoms with Gasteiger partial charge in [-0.05, 0) is 41.8 Å². The molecule has 4 rings (SSSR count). The van der Waals surface area contributed by atoms with Gasteiger partial charge in [0.15, 0.2) is 0 Å². The van der Waals surface area contributed by atoms with E-state index >= 15 is 0 Å². The molecular formula is C18H22Cl2N6O3S. The van der Waals surface area contributed by atoms with Gasteiger partial charge in [0.25, 0.3) is 10.2 Å². The highest BCUT2D eigenvalue weighted by Gasteiger charge is 2.20. The average molecular weight is 473 g/mol. The van der Waals surface area contributed by atoms with Crippen LogP contribution in [0.1, 0.15) is 11.1 Å². The zero-order chi connectivity index (χ0) is 19.9. The second-order valence-electron chi connectivity index (χ2n) is 6.73. The number of benzene rings is 1. The molecule has 1 aliphatic heterocycles. The zero-order valence-electron chi connectivity index (χ0n) is 16.0. The number of fused-ring (bicyclic) bond motifs is 2. The van der Waals surface area contributed by atoms with Gasteiger partial charge in [0.05, 0.1) is 5.69 Å². The summed E-state index contributed by atoms with van der Waals surface area (Å²) in [4.78, 5) is 22.9. The first-order valence-electron chi connectivity index (χ1n) is 8.69. The number of nitrogens with two attached hydrogens (primary N) is 1. The van der Waals surface area contributed by atoms with Gasteiger partial charge in [0.1, 0.15) is 5.65 Å². The van der Waals surface area contributed by atoms with Crippen LogP contribution in [0.4, 0.5) is 11.4 Å². The van der Waals surface area contributed by atoms with Gasteiger partial charge in [-0.2, -0.15) is 8.42 Å². The monoisotopic (exact) mass is 472 g/mol. The SMILES string of the molecule is CN(c1ccc2c(c1)CN(NS(N)(=O)=O)CC2)c1ccnc2[nH]c(=O)ccc12.Cl.Cl. The van der Waals surface area contributed by atoms with Crippen molar-refractivity contribution in [1.82, 2.24) is 19.8 Å². The van der Waals surface area contributed by atoms with Crippen LogP contribution >= 0.6 is 24.8 Å². The fourth-order valence-corrected chi connectivity index (χ4v) is 4.00. The maximum atomic E-state index is 11.6. The first-order chi connectivity index (χ1) is 13.3. The van der Waals surface area contributed by atoms with E-state index < -0.39 is 10.2 Å². The molecule has 2 aromatic heterocycles. The van der Waals surface area contributed by atoms with Crippen molar-refractivity contribution >= 4 is 57.4 Å². The second kappa shape index (κ2) is 9.29. The highest BCUT2D eigenvalue weighted by atomic mass is 35.5. The third-order valence-corrected chi connectivity index (χ3v) is 5.33. The molecule has 0 atom stereocenters. The standard InChI is InChI=1S/C18H20N6O3S.2ClH/c1-23(16-6-8-20-18-15(16)4-5-17(25)21-18)14-3-2-12-7-9-24(11-13(12)10-14)22-28(19,26)27;;/h2-6,8,10,22H,7,9,11H2,1H3,(H2,19,26,27)(H,20,21,25);2*1H. The molecular weight excluding hydrogens is 451 g/mol. The summed E-state index contributed by atoms with van der Waals surface area (Å²) in [5.74, 6) is 0. The largest absolute Gasteiger partial charge is 0.344 e. The average Bonchev–Trinajstić information content (AvgIpc) is 2.65. The number of anilines is 2. The summed E-state index contributed by atoms with van der Waals surface area (Å²) in [6.45, 7) is 0.985. The summed E-state index contributed by atoms with van der Waals surface area (Å²) in [5, 5.41) is 7.51. The molecule has 0 aliphatic carbocycles. The number of halogens is 2. The van der Waals surface area contributed by atoms with Gasteiger partial charge >= 0.3 is 0 Å². The van der Waals surface area contributed by atoms with Crippen molar-refractivity contribution in [3.63, 3.8) is 0 Å². The molecule has 3 heterocycles. The van der Waals surface area contributed by atoms with Gasteiger partial charge in [0.2, 0.25) is 5.56 Å². The number of hydrogen-bond acceptors (Lipinski definition) is 6. The molecule has 0 amide bonds. The number of nitrogens with zero attached hydrogens (tertiary/aromatic N) is 3. The molecule has 4 N–H and O–H groups in total. The van der Waals surface area contributed by atoms with Gasteiger partial charge in [0, 0.05) is 43.5 Å². The summed E-state index contributed by atoms with van der Waals surface area (Å²) in [7, 11) is -1.86. The maximum Gasteiger partial charge on any atom is 0.287 e. The van der Waals surface area contributed by atoms with Crippen LogP contribution in [0.5, 0.6) is 0 Å². The Morgan fingerprint density at radius 2 is 1.93 bits per heavy atom. The number of pyridine rings is 2. The van der Waals surface area contributed by atoms with Crippen LogP contribution in [0.15, 0.2) is 47.4 Å². The summed E-state index contributed by atoms with van der Waals surface area (Å²) in [6, 6.07) is 11.2. The number of aromatic amines is 1. The molecule has 12 heteroatoms. The first-order valence-corrected chi connectivity index (χ1v) is 10.2. The lowest BCUT2D eigenvalue weighted by Crippen LogP contribution is -2.47. The second-order valence-corrected chi connectivity index (χ2v) is 8.01. The minimum atomic E-state index is -3.79. The molecule has 0 fully saturated rings. The van der Waals surface area contributed by atoms with E-state index in [9.17, 15) is 13.2 Å². The van der Waals surface area contributed by atoms with E-state index in [1.54, 1.807) is 17.3 Å². The Kier molecular flexibility index (Phi) is 7.45. The molecule has 162 valence electrons. The zero-order valence-corrected chi connectivity index (χ0v) is 18.5. The Morgan fingerprint density at radius 1 is 1.17 bits per heavy atom. The normalized spacial score (nSPS) is 13.8. The van der Waals surface area contributed by atoms with E-state index in [1.165, 1.54) is 11.6 Å². The molecule has 0 saturated carbocycles. The van der Waals surface area contributed by atoms with Crippen molar-refractivity contribution in [2.45, 2.75) is 13.0 Å². The van der Waals surface area contributed by atoms with E-state index in [-0.39, 0.29) is 30.4 Å². The maximum absolute atomic E-state index is 11.6. The van der Waals surface area contributed by atoms with Gasteiger partial charge < -0.3 is 9.88 Å². The van der Waals surface area contributed by atoms with Gasteiger partial charge in [-0.25, -0.2) is 15.1 Å². The van der Waals surface area contributed by atoms with E-state index in [0.29, 0.717) is 18.7 Å². The van der Waals surface area contributed by atoms with Crippen LogP contribution < -0.4 is 20.4 Å². The van der Waals surface area contributed by atoms with Crippen LogP contribution in [0.25, 0.3) is 11.0 Å². The third kappa shape index (κ3) is 5.09. The minimum Gasteiger partial charge on any atom is -0.344 e. The van der Waals surface area contributed by atoms with Gasteiger partial charge in [-0.3, -0.25) is 4.79 Å². The molecule has 1 aliphatic rings. The van der Waals surface area contributed by atoms with Crippen LogP contribution in [-0.2, 0) is 23.2 Å². The highest BCUT2D eigenvalue weighted by Crippen LogP contribution is 2.31. The summed E-state index contributed by atoms with van der Waals surface area (Å²) < 4.78 is 22.6. The summed E-state index contributed by atoms with van der Waals surface area (Å²) in [5.41, 5.74) is 4.37. The smallest absolute Gasteiger partial charge is 0.287 e. The Balaban J connectivity index is 0.00000160. The molecule has 0 spiro atoms. The lowest BCUT2D eigenvalue weighted by Gasteiger charge is -2.29. The highest BCUT2D eigenvalue weighted by molar-refractivity contribution is 7.87. The lowest BCUT2D eigenvalue weighted by molar-refractivity contribution is 0.221. The Hall–Kier alpha value is -2.21. The van der Waals surface area contributed by atoms with Crippen molar-refractivity contribution in [2.75, 3.05) is 18.5 Å². The quantitative estimate of drug-likeness (QED) is 0.529. The Bertz CT molecular complexity index is 1220. The van der Waals surface area contributed by atoms with Gasteiger partial charge in [-0.15, -0.1) is 29.6 Å². The number of H-pyrrole nitrogens is 1. The van der Waals surface area contributed by atoms with Crippen molar-refractivity contribution in [3.8, 4) is 0 Å². The predicted octanol–water partition coefficient (Wildman–Crippen LogP) is 1.60. The van der Waals surface area contributed by atoms with Crippen LogP contribution in [0.2, 0.25) is 0 Å². The number of nitrogens with one attached hydrogen (secondary N) is 2. The molecule has 9 nitrogen and oxygen atoms in total. The van der Waals surface area contributed by atoms with Crippen molar-refractivity contribution in [2.24, 2.45) is 5.14 Å². The predicted molar refractivity (Wildman–Crippen MR) is 122 cm³/mol. The fourth-order valence-electron chi connectivity index (χ4n) is 3.49. The Labute approximate surface area is 186 Å². The van der Waals surface area contributed by atoms with Crippen molar-refractivity contribution in [3.05, 3.63) is 64.1 Å². The summed E-state index contributed by atoms with van der Waals surface area (Å²) >= 11 is 0. The molecule has 0 saturated heterocycles. The van der Waals surface area contributed by atoms with E-state index in [1.807, 2.05) is 30.1 Å². The molecule has 0 radical (unpaired) electrons. The minimum absolute atomic E-state index is 0. The van der Waals surface area contributed by atoms with E-state index in [0.717, 1.165) is 28.7 Å². The number of hydrogen-bond donors (Lipinski definition) is 3. The molecule has 0 bridgehead atoms. The molecule has 3 aromatic rings. The Morgan fingerprint density at radius 3 is 2.67 bits per heavy atom. The fraction of sp³-hybridized carbons (Fsp3) is 0.222. The van der Waals surface area contributed by atoms with Crippen LogP contribution in [0.3, 0.4) is 0 Å². The van der Waals surface area contributed by atoms with E-state index in [2.05, 4.69) is 20.9 Å². The molecule has 1 aromatic carbocycles. The van der Waals surface area contributed by atoms with Crippen LogP contribution in [-0.4, -0.2) is 37.0 Å². The van der Waals surface area contributed by atoms with E-state index in [4.69, 9.17) is 5.14 Å². The first kappa shape index (κ1) is 24.1. The van der Waals surface area contributed by atoms with Crippen molar-refractivity contribution in [1.29, 1.82) is 0 Å². The number of rotatable bonds is 4. The lowest BCUT2D eigenvalue weighted by atomic mass is 9.99. The summed E-state index contributed by atoms with van der Waals surface area (Å²) in [6.07, 6.45) is 2.38. The third-order valence-electron chi connectivity index (χ3n) is 4.82.